The van der Waals surface area contributed by atoms with E-state index >= 15 is 0 Å². The van der Waals surface area contributed by atoms with Crippen molar-refractivity contribution in [2.24, 2.45) is 5.73 Å². The zero-order valence-electron chi connectivity index (χ0n) is 13.2. The number of H-pyrrole nitrogens is 2. The molecule has 0 atom stereocenters. The Bertz CT molecular complexity index is 1150. The van der Waals surface area contributed by atoms with Gasteiger partial charge in [-0.3, -0.25) is 4.79 Å². The number of nitrogens with zero attached hydrogens (tertiary/aromatic N) is 3. The Morgan fingerprint density at radius 3 is 2.50 bits per heavy atom. The largest absolute Gasteiger partial charge is 0.478 e. The third kappa shape index (κ3) is 2.47. The van der Waals surface area contributed by atoms with Gasteiger partial charge in [0.15, 0.2) is 0 Å². The maximum atomic E-state index is 11.5. The van der Waals surface area contributed by atoms with E-state index < -0.39 is 11.9 Å². The zero-order chi connectivity index (χ0) is 18.3. The van der Waals surface area contributed by atoms with E-state index in [4.69, 9.17) is 5.73 Å². The van der Waals surface area contributed by atoms with Crippen molar-refractivity contribution >= 4 is 22.8 Å². The quantitative estimate of drug-likeness (QED) is 0.441. The molecule has 26 heavy (non-hydrogen) atoms. The number of aromatic nitrogens is 5. The van der Waals surface area contributed by atoms with Crippen molar-refractivity contribution in [1.29, 1.82) is 0 Å². The molecule has 128 valence electrons. The SMILES string of the molecule is NC(=O)c1ccc(-c2c[nH]c3ccc(C(=O)O)cc23)c(-c2nn[nH]n2)c1. The van der Waals surface area contributed by atoms with Gasteiger partial charge in [-0.15, -0.1) is 10.2 Å². The van der Waals surface area contributed by atoms with Crippen LogP contribution in [0.5, 0.6) is 0 Å². The average molecular weight is 348 g/mol. The van der Waals surface area contributed by atoms with Crippen LogP contribution in [-0.2, 0) is 0 Å². The van der Waals surface area contributed by atoms with Crippen LogP contribution < -0.4 is 5.73 Å². The minimum atomic E-state index is -1.01. The van der Waals surface area contributed by atoms with Crippen molar-refractivity contribution in [2.75, 3.05) is 0 Å². The highest BCUT2D eigenvalue weighted by atomic mass is 16.4. The molecule has 5 N–H and O–H groups in total. The molecule has 0 fully saturated rings. The van der Waals surface area contributed by atoms with Crippen molar-refractivity contribution in [3.63, 3.8) is 0 Å². The minimum absolute atomic E-state index is 0.174. The second-order valence-electron chi connectivity index (χ2n) is 5.63. The predicted octanol–water partition coefficient (Wildman–Crippen LogP) is 1.81. The van der Waals surface area contributed by atoms with Crippen LogP contribution >= 0.6 is 0 Å². The molecule has 0 aliphatic carbocycles. The van der Waals surface area contributed by atoms with Gasteiger partial charge in [0.1, 0.15) is 0 Å². The van der Waals surface area contributed by atoms with Crippen LogP contribution in [0.25, 0.3) is 33.4 Å². The second-order valence-corrected chi connectivity index (χ2v) is 5.63. The third-order valence-electron chi connectivity index (χ3n) is 4.11. The summed E-state index contributed by atoms with van der Waals surface area (Å²) >= 11 is 0. The van der Waals surface area contributed by atoms with Crippen molar-refractivity contribution in [2.45, 2.75) is 0 Å². The molecule has 0 aliphatic heterocycles. The van der Waals surface area contributed by atoms with Gasteiger partial charge in [0.2, 0.25) is 11.7 Å². The van der Waals surface area contributed by atoms with Crippen LogP contribution in [0.15, 0.2) is 42.6 Å². The lowest BCUT2D eigenvalue weighted by atomic mass is 9.96. The maximum absolute atomic E-state index is 11.5. The van der Waals surface area contributed by atoms with E-state index in [1.165, 1.54) is 6.07 Å². The van der Waals surface area contributed by atoms with E-state index in [-0.39, 0.29) is 5.56 Å². The lowest BCUT2D eigenvalue weighted by Crippen LogP contribution is -2.11. The molecule has 0 radical (unpaired) electrons. The summed E-state index contributed by atoms with van der Waals surface area (Å²) in [5, 5.41) is 23.9. The number of benzene rings is 2. The molecule has 9 heteroatoms. The molecule has 4 aromatic rings. The van der Waals surface area contributed by atoms with Crippen molar-refractivity contribution < 1.29 is 14.7 Å². The number of aromatic amines is 2. The van der Waals surface area contributed by atoms with Crippen LogP contribution in [0.3, 0.4) is 0 Å². The van der Waals surface area contributed by atoms with E-state index in [9.17, 15) is 14.7 Å². The number of tetrazole rings is 1. The molecule has 4 rings (SSSR count). The van der Waals surface area contributed by atoms with Gasteiger partial charge in [-0.25, -0.2) is 4.79 Å². The lowest BCUT2D eigenvalue weighted by Gasteiger charge is -2.08. The summed E-state index contributed by atoms with van der Waals surface area (Å²) in [4.78, 5) is 25.9. The number of fused-ring (bicyclic) bond motifs is 1. The number of nitrogens with one attached hydrogen (secondary N) is 2. The van der Waals surface area contributed by atoms with Gasteiger partial charge in [0, 0.05) is 33.8 Å². The summed E-state index contributed by atoms with van der Waals surface area (Å²) in [7, 11) is 0. The Kier molecular flexibility index (Phi) is 3.47. The fourth-order valence-corrected chi connectivity index (χ4v) is 2.87. The molecule has 0 bridgehead atoms. The molecule has 2 aromatic heterocycles. The number of amides is 1. The van der Waals surface area contributed by atoms with E-state index in [2.05, 4.69) is 25.6 Å². The van der Waals surface area contributed by atoms with Gasteiger partial charge >= 0.3 is 5.97 Å². The topological polar surface area (TPSA) is 151 Å². The summed E-state index contributed by atoms with van der Waals surface area (Å²) < 4.78 is 0. The van der Waals surface area contributed by atoms with E-state index in [1.54, 1.807) is 36.5 Å². The third-order valence-corrected chi connectivity index (χ3v) is 4.11. The van der Waals surface area contributed by atoms with Crippen molar-refractivity contribution in [3.8, 4) is 22.5 Å². The van der Waals surface area contributed by atoms with Crippen molar-refractivity contribution in [1.82, 2.24) is 25.6 Å². The van der Waals surface area contributed by atoms with Crippen LogP contribution in [0.1, 0.15) is 20.7 Å². The fourth-order valence-electron chi connectivity index (χ4n) is 2.87. The van der Waals surface area contributed by atoms with Crippen LogP contribution in [0.4, 0.5) is 0 Å². The van der Waals surface area contributed by atoms with Crippen LogP contribution in [0, 0.1) is 0 Å². The first kappa shape index (κ1) is 15.5. The minimum Gasteiger partial charge on any atom is -0.478 e. The van der Waals surface area contributed by atoms with Gasteiger partial charge in [-0.1, -0.05) is 6.07 Å². The molecule has 9 nitrogen and oxygen atoms in total. The number of hydrogen-bond acceptors (Lipinski definition) is 5. The molecule has 2 aromatic carbocycles. The summed E-state index contributed by atoms with van der Waals surface area (Å²) in [6.07, 6.45) is 1.76. The summed E-state index contributed by atoms with van der Waals surface area (Å²) in [5.41, 5.74) is 8.65. The number of carbonyl (C=O) groups excluding carboxylic acids is 1. The molecule has 1 amide bonds. The Morgan fingerprint density at radius 2 is 1.81 bits per heavy atom. The monoisotopic (exact) mass is 348 g/mol. The Hall–Kier alpha value is -4.01. The zero-order valence-corrected chi connectivity index (χ0v) is 13.2. The number of carboxylic acid groups (broad SMARTS) is 1. The van der Waals surface area contributed by atoms with Crippen molar-refractivity contribution in [3.05, 3.63) is 53.7 Å². The average Bonchev–Trinajstić information content (AvgIpc) is 3.30. The lowest BCUT2D eigenvalue weighted by molar-refractivity contribution is 0.0697. The molecule has 0 saturated carbocycles. The standard InChI is InChI=1S/C17H12N6O3/c18-15(24)8-1-3-10(12(5-8)16-20-22-23-21-16)13-7-19-14-4-2-9(17(25)26)6-11(13)14/h1-7,19H,(H2,18,24)(H,25,26)(H,20,21,22,23). The number of hydrogen-bond donors (Lipinski definition) is 4. The van der Waals surface area contributed by atoms with E-state index in [0.717, 1.165) is 16.5 Å². The maximum Gasteiger partial charge on any atom is 0.335 e. The molecule has 0 unspecified atom stereocenters. The number of rotatable bonds is 4. The molecule has 2 heterocycles. The Morgan fingerprint density at radius 1 is 1.00 bits per heavy atom. The molecule has 0 spiro atoms. The van der Waals surface area contributed by atoms with Gasteiger partial charge in [0.05, 0.1) is 5.56 Å². The smallest absolute Gasteiger partial charge is 0.335 e. The summed E-state index contributed by atoms with van der Waals surface area (Å²) in [5.74, 6) is -1.29. The van der Waals surface area contributed by atoms with E-state index in [1.807, 2.05) is 0 Å². The predicted molar refractivity (Wildman–Crippen MR) is 92.4 cm³/mol. The van der Waals surface area contributed by atoms with Crippen LogP contribution in [-0.4, -0.2) is 42.6 Å². The molecular weight excluding hydrogens is 336 g/mol. The number of aromatic carboxylic acids is 1. The molecule has 0 saturated heterocycles. The summed E-state index contributed by atoms with van der Waals surface area (Å²) in [6.45, 7) is 0. The van der Waals surface area contributed by atoms with Crippen LogP contribution in [0.2, 0.25) is 0 Å². The normalized spacial score (nSPS) is 10.9. The first-order valence-corrected chi connectivity index (χ1v) is 7.57. The second kappa shape index (κ2) is 5.81. The van der Waals surface area contributed by atoms with Gasteiger partial charge in [-0.2, -0.15) is 5.21 Å². The number of carbonyl (C=O) groups is 2. The highest BCUT2D eigenvalue weighted by molar-refractivity contribution is 6.04. The number of nitrogens with two attached hydrogens (primary N) is 1. The molecule has 0 aliphatic rings. The van der Waals surface area contributed by atoms with E-state index in [0.29, 0.717) is 22.5 Å². The van der Waals surface area contributed by atoms with Gasteiger partial charge in [-0.05, 0) is 41.1 Å². The highest BCUT2D eigenvalue weighted by Gasteiger charge is 2.17. The highest BCUT2D eigenvalue weighted by Crippen LogP contribution is 2.35. The summed E-state index contributed by atoms with van der Waals surface area (Å²) in [6, 6.07) is 9.73. The first-order valence-electron chi connectivity index (χ1n) is 7.57. The fraction of sp³-hybridized carbons (Fsp3) is 0. The van der Waals surface area contributed by atoms with Gasteiger partial charge < -0.3 is 15.8 Å². The number of carboxylic acids is 1. The van der Waals surface area contributed by atoms with Gasteiger partial charge in [0.25, 0.3) is 0 Å². The Labute approximate surface area is 145 Å². The molecular formula is C17H12N6O3. The first-order chi connectivity index (χ1) is 12.5. The Balaban J connectivity index is 1.98. The number of primary amides is 1.